The second-order valence-corrected chi connectivity index (χ2v) is 10.5. The molecule has 3 aromatic rings. The Bertz CT molecular complexity index is 1710. The molecule has 3 heterocycles. The highest BCUT2D eigenvalue weighted by atomic mass is 35.5. The van der Waals surface area contributed by atoms with Crippen molar-refractivity contribution in [1.29, 1.82) is 0 Å². The normalized spacial score (nSPS) is 16.1. The summed E-state index contributed by atoms with van der Waals surface area (Å²) in [5, 5.41) is 3.45. The molecule has 6 rings (SSSR count). The number of hydrogen-bond donors (Lipinski definition) is 1. The lowest BCUT2D eigenvalue weighted by Crippen LogP contribution is -2.50. The van der Waals surface area contributed by atoms with E-state index in [-0.39, 0.29) is 23.0 Å². The Kier molecular flexibility index (Phi) is 8.02. The summed E-state index contributed by atoms with van der Waals surface area (Å²) in [5.41, 5.74) is 5.43. The number of fused-ring (bicyclic) bond motifs is 3. The third kappa shape index (κ3) is 5.91. The molecule has 0 saturated carbocycles. The highest BCUT2D eigenvalue weighted by molar-refractivity contribution is 6.69. The maximum Gasteiger partial charge on any atom is 0.409 e. The highest BCUT2D eigenvalue weighted by Crippen LogP contribution is 2.41. The van der Waals surface area contributed by atoms with Crippen LogP contribution in [0.15, 0.2) is 83.6 Å². The van der Waals surface area contributed by atoms with Crippen molar-refractivity contribution in [3.8, 4) is 0 Å². The van der Waals surface area contributed by atoms with Crippen molar-refractivity contribution in [3.63, 3.8) is 0 Å². The number of carbonyl (C=O) groups excluding carboxylic acids is 2. The standard InChI is InChI=1S/C32H28ClFN6O3/c1-2-43-32(42)40-15-13-39(14-16-40)30(41)20-7-10-22(11-8-20)37-31-36-18-21-9-12-23-25(24-5-3-4-6-27(24)34)17-28(33)35-19-26(23)29(21)38-31/h3-8,10-12,17-19H,2,9,13-16H2,1H3,(H,36,37,38). The molecule has 1 N–H and O–H groups in total. The Labute approximate surface area is 253 Å². The number of carbonyl (C=O) groups is 2. The van der Waals surface area contributed by atoms with E-state index in [4.69, 9.17) is 21.3 Å². The Morgan fingerprint density at radius 3 is 2.49 bits per heavy atom. The molecule has 0 spiro atoms. The molecule has 218 valence electrons. The van der Waals surface area contributed by atoms with Crippen LogP contribution < -0.4 is 5.32 Å². The molecule has 1 fully saturated rings. The molecule has 0 unspecified atom stereocenters. The van der Waals surface area contributed by atoms with E-state index in [2.05, 4.69) is 15.3 Å². The van der Waals surface area contributed by atoms with Crippen molar-refractivity contribution in [2.24, 2.45) is 4.99 Å². The average Bonchev–Trinajstić information content (AvgIpc) is 3.20. The first-order valence-electron chi connectivity index (χ1n) is 14.0. The fraction of sp³-hybridized carbons (Fsp3) is 0.219. The van der Waals surface area contributed by atoms with Crippen molar-refractivity contribution in [2.45, 2.75) is 13.3 Å². The van der Waals surface area contributed by atoms with Gasteiger partial charge >= 0.3 is 6.09 Å². The number of rotatable bonds is 5. The van der Waals surface area contributed by atoms with Crippen LogP contribution >= 0.6 is 11.6 Å². The van der Waals surface area contributed by atoms with E-state index >= 15 is 0 Å². The van der Waals surface area contributed by atoms with E-state index in [1.807, 2.05) is 6.08 Å². The lowest BCUT2D eigenvalue weighted by Gasteiger charge is -2.34. The summed E-state index contributed by atoms with van der Waals surface area (Å²) in [6.07, 6.45) is 7.31. The summed E-state index contributed by atoms with van der Waals surface area (Å²) >= 11 is 6.35. The van der Waals surface area contributed by atoms with E-state index in [1.165, 1.54) is 6.07 Å². The quantitative estimate of drug-likeness (QED) is 0.397. The lowest BCUT2D eigenvalue weighted by atomic mass is 9.85. The molecular formula is C32H28ClFN6O3. The van der Waals surface area contributed by atoms with Crippen LogP contribution in [0, 0.1) is 5.82 Å². The summed E-state index contributed by atoms with van der Waals surface area (Å²) in [6, 6.07) is 13.7. The summed E-state index contributed by atoms with van der Waals surface area (Å²) in [7, 11) is 0. The van der Waals surface area contributed by atoms with Gasteiger partial charge in [-0.2, -0.15) is 0 Å². The predicted octanol–water partition coefficient (Wildman–Crippen LogP) is 5.83. The second kappa shape index (κ2) is 12.2. The molecule has 2 amide bonds. The topological polar surface area (TPSA) is 100 Å². The van der Waals surface area contributed by atoms with E-state index in [0.29, 0.717) is 73.2 Å². The number of nitrogens with zero attached hydrogens (tertiary/aromatic N) is 5. The maximum absolute atomic E-state index is 14.8. The summed E-state index contributed by atoms with van der Waals surface area (Å²) in [4.78, 5) is 42.0. The third-order valence-electron chi connectivity index (χ3n) is 7.45. The lowest BCUT2D eigenvalue weighted by molar-refractivity contribution is 0.0570. The van der Waals surface area contributed by atoms with Crippen molar-refractivity contribution >= 4 is 51.6 Å². The first-order chi connectivity index (χ1) is 20.9. The van der Waals surface area contributed by atoms with Gasteiger partial charge in [0.2, 0.25) is 5.95 Å². The number of anilines is 2. The van der Waals surface area contributed by atoms with Crippen molar-refractivity contribution < 1.29 is 18.7 Å². The smallest absolute Gasteiger partial charge is 0.409 e. The van der Waals surface area contributed by atoms with Crippen molar-refractivity contribution in [2.75, 3.05) is 38.1 Å². The zero-order chi connectivity index (χ0) is 29.9. The van der Waals surface area contributed by atoms with E-state index in [1.54, 1.807) is 77.7 Å². The van der Waals surface area contributed by atoms with Gasteiger partial charge < -0.3 is 19.9 Å². The Morgan fingerprint density at radius 2 is 1.74 bits per heavy atom. The molecule has 0 bridgehead atoms. The number of benzene rings is 2. The number of amides is 2. The van der Waals surface area contributed by atoms with Gasteiger partial charge in [-0.3, -0.25) is 4.79 Å². The van der Waals surface area contributed by atoms with Crippen molar-refractivity contribution in [1.82, 2.24) is 19.8 Å². The molecule has 1 saturated heterocycles. The van der Waals surface area contributed by atoms with Gasteiger partial charge in [0.15, 0.2) is 0 Å². The zero-order valence-electron chi connectivity index (χ0n) is 23.4. The van der Waals surface area contributed by atoms with Crippen LogP contribution in [0.25, 0.3) is 11.1 Å². The van der Waals surface area contributed by atoms with Crippen LogP contribution in [-0.2, 0) is 11.2 Å². The van der Waals surface area contributed by atoms with Crippen LogP contribution in [0.3, 0.4) is 0 Å². The van der Waals surface area contributed by atoms with Gasteiger partial charge in [-0.1, -0.05) is 35.9 Å². The molecule has 0 radical (unpaired) electrons. The molecule has 3 aliphatic rings. The minimum absolute atomic E-state index is 0.0994. The van der Waals surface area contributed by atoms with Crippen LogP contribution in [0.2, 0.25) is 0 Å². The summed E-state index contributed by atoms with van der Waals surface area (Å²) in [6.45, 7) is 3.84. The van der Waals surface area contributed by atoms with E-state index in [9.17, 15) is 14.0 Å². The van der Waals surface area contributed by atoms with Gasteiger partial charge in [0.25, 0.3) is 5.91 Å². The first-order valence-corrected chi connectivity index (χ1v) is 14.3. The zero-order valence-corrected chi connectivity index (χ0v) is 24.1. The van der Waals surface area contributed by atoms with Gasteiger partial charge in [0.05, 0.1) is 12.3 Å². The predicted molar refractivity (Wildman–Crippen MR) is 164 cm³/mol. The van der Waals surface area contributed by atoms with Crippen LogP contribution in [0.1, 0.15) is 34.1 Å². The third-order valence-corrected chi connectivity index (χ3v) is 7.66. The number of ether oxygens (including phenoxy) is 1. The number of allylic oxidation sites excluding steroid dienone is 5. The Balaban J connectivity index is 1.17. The minimum Gasteiger partial charge on any atom is -0.450 e. The molecular weight excluding hydrogens is 571 g/mol. The monoisotopic (exact) mass is 598 g/mol. The van der Waals surface area contributed by atoms with Gasteiger partial charge in [-0.25, -0.2) is 24.1 Å². The molecule has 0 atom stereocenters. The molecule has 43 heavy (non-hydrogen) atoms. The molecule has 2 aromatic carbocycles. The maximum atomic E-state index is 14.8. The van der Waals surface area contributed by atoms with Crippen LogP contribution in [-0.4, -0.2) is 69.7 Å². The number of piperazine rings is 1. The van der Waals surface area contributed by atoms with E-state index < -0.39 is 0 Å². The highest BCUT2D eigenvalue weighted by Gasteiger charge is 2.27. The number of aliphatic imine (C=N–C) groups is 1. The SMILES string of the molecule is CCOC(=O)N1CCN(C(=O)c2ccc(Nc3ncc4c(n3)C3=CN=C(Cl)C=C(c5ccccc5F)C3=CC4)cc2)CC1. The number of hydrogen-bond acceptors (Lipinski definition) is 7. The first kappa shape index (κ1) is 28.3. The average molecular weight is 599 g/mol. The number of aromatic nitrogens is 2. The molecule has 1 aromatic heterocycles. The van der Waals surface area contributed by atoms with Gasteiger partial charge in [-0.15, -0.1) is 0 Å². The largest absolute Gasteiger partial charge is 0.450 e. The molecule has 1 aliphatic carbocycles. The minimum atomic E-state index is -0.351. The van der Waals surface area contributed by atoms with Crippen LogP contribution in [0.5, 0.6) is 0 Å². The van der Waals surface area contributed by atoms with Gasteiger partial charge in [0.1, 0.15) is 11.0 Å². The van der Waals surface area contributed by atoms with Crippen LogP contribution in [0.4, 0.5) is 20.8 Å². The Morgan fingerprint density at radius 1 is 1.00 bits per heavy atom. The molecule has 2 aliphatic heterocycles. The van der Waals surface area contributed by atoms with Gasteiger partial charge in [-0.05, 0) is 60.9 Å². The fourth-order valence-corrected chi connectivity index (χ4v) is 5.42. The molecule has 9 nitrogen and oxygen atoms in total. The number of nitrogens with one attached hydrogen (secondary N) is 1. The summed E-state index contributed by atoms with van der Waals surface area (Å²) in [5.74, 6) is -0.0829. The fourth-order valence-electron chi connectivity index (χ4n) is 5.26. The number of halogens is 2. The molecule has 11 heteroatoms. The Hall–Kier alpha value is -4.83. The van der Waals surface area contributed by atoms with Crippen molar-refractivity contribution in [3.05, 3.63) is 107 Å². The second-order valence-electron chi connectivity index (χ2n) is 10.1. The summed E-state index contributed by atoms with van der Waals surface area (Å²) < 4.78 is 19.9. The van der Waals surface area contributed by atoms with Gasteiger partial charge in [0, 0.05) is 66.5 Å². The van der Waals surface area contributed by atoms with E-state index in [0.717, 1.165) is 16.7 Å².